The topological polar surface area (TPSA) is 46.9 Å². The third-order valence-electron chi connectivity index (χ3n) is 2.59. The molecular weight excluding hydrogens is 247 g/mol. The van der Waals surface area contributed by atoms with Crippen LogP contribution in [-0.2, 0) is 17.5 Å². The predicted molar refractivity (Wildman–Crippen MR) is 59.7 cm³/mol. The summed E-state index contributed by atoms with van der Waals surface area (Å²) in [6, 6.07) is 0.903. The predicted octanol–water partition coefficient (Wildman–Crippen LogP) is 2.21. The Labute approximate surface area is 103 Å². The summed E-state index contributed by atoms with van der Waals surface area (Å²) in [5, 5.41) is 6.04. The maximum absolute atomic E-state index is 12.3. The van der Waals surface area contributed by atoms with E-state index < -0.39 is 11.9 Å². The smallest absolute Gasteiger partial charge is 0.352 e. The second kappa shape index (κ2) is 5.88. The number of rotatable bonds is 5. The van der Waals surface area contributed by atoms with Crippen LogP contribution in [-0.4, -0.2) is 21.7 Å². The van der Waals surface area contributed by atoms with E-state index in [2.05, 4.69) is 10.4 Å². The van der Waals surface area contributed by atoms with Gasteiger partial charge in [-0.1, -0.05) is 13.8 Å². The van der Waals surface area contributed by atoms with E-state index in [0.29, 0.717) is 0 Å². The van der Waals surface area contributed by atoms with Crippen LogP contribution in [0.5, 0.6) is 0 Å². The van der Waals surface area contributed by atoms with E-state index >= 15 is 0 Å². The average Bonchev–Trinajstić information content (AvgIpc) is 2.74. The molecule has 0 atom stereocenters. The molecule has 0 aliphatic rings. The molecule has 1 heterocycles. The van der Waals surface area contributed by atoms with Crippen LogP contribution in [0.2, 0.25) is 0 Å². The summed E-state index contributed by atoms with van der Waals surface area (Å²) in [4.78, 5) is 11.5. The summed E-state index contributed by atoms with van der Waals surface area (Å²) in [6.45, 7) is 3.67. The molecule has 1 amide bonds. The quantitative estimate of drug-likeness (QED) is 0.885. The molecule has 0 saturated heterocycles. The highest BCUT2D eigenvalue weighted by Gasteiger charge is 2.33. The highest BCUT2D eigenvalue weighted by Crippen LogP contribution is 2.27. The van der Waals surface area contributed by atoms with E-state index in [9.17, 15) is 18.0 Å². The van der Waals surface area contributed by atoms with Gasteiger partial charge in [-0.2, -0.15) is 18.3 Å². The van der Waals surface area contributed by atoms with Gasteiger partial charge in [0, 0.05) is 12.2 Å². The fourth-order valence-electron chi connectivity index (χ4n) is 1.51. The van der Waals surface area contributed by atoms with Crippen molar-refractivity contribution in [3.63, 3.8) is 0 Å². The van der Waals surface area contributed by atoms with Gasteiger partial charge in [0.05, 0.1) is 0 Å². The lowest BCUT2D eigenvalue weighted by Gasteiger charge is -2.14. The van der Waals surface area contributed by atoms with Crippen molar-refractivity contribution in [1.82, 2.24) is 15.1 Å². The SMILES string of the molecule is CCC(CC)NC(=O)Cn1ccc(C(F)(F)F)n1. The van der Waals surface area contributed by atoms with Crippen molar-refractivity contribution in [1.29, 1.82) is 0 Å². The Morgan fingerprint density at radius 2 is 2.06 bits per heavy atom. The standard InChI is InChI=1S/C11H16F3N3O/c1-3-8(4-2)15-10(18)7-17-6-5-9(16-17)11(12,13)14/h5-6,8H,3-4,7H2,1-2H3,(H,15,18). The van der Waals surface area contributed by atoms with Gasteiger partial charge in [0.1, 0.15) is 6.54 Å². The molecule has 102 valence electrons. The Balaban J connectivity index is 2.57. The summed E-state index contributed by atoms with van der Waals surface area (Å²) in [5.41, 5.74) is -0.988. The number of hydrogen-bond donors (Lipinski definition) is 1. The van der Waals surface area contributed by atoms with E-state index in [1.165, 1.54) is 0 Å². The monoisotopic (exact) mass is 263 g/mol. The van der Waals surface area contributed by atoms with Crippen LogP contribution < -0.4 is 5.32 Å². The third kappa shape index (κ3) is 4.05. The number of hydrogen-bond acceptors (Lipinski definition) is 2. The summed E-state index contributed by atoms with van der Waals surface area (Å²) < 4.78 is 37.8. The van der Waals surface area contributed by atoms with Crippen molar-refractivity contribution in [2.45, 2.75) is 45.5 Å². The number of halogens is 3. The van der Waals surface area contributed by atoms with Crippen molar-refractivity contribution >= 4 is 5.91 Å². The average molecular weight is 263 g/mol. The van der Waals surface area contributed by atoms with E-state index in [4.69, 9.17) is 0 Å². The highest BCUT2D eigenvalue weighted by molar-refractivity contribution is 5.75. The van der Waals surface area contributed by atoms with Crippen LogP contribution in [0.15, 0.2) is 12.3 Å². The van der Waals surface area contributed by atoms with E-state index in [1.54, 1.807) is 0 Å². The zero-order valence-corrected chi connectivity index (χ0v) is 10.3. The Hall–Kier alpha value is -1.53. The van der Waals surface area contributed by atoms with E-state index in [-0.39, 0.29) is 18.5 Å². The molecule has 0 aliphatic heterocycles. The fraction of sp³-hybridized carbons (Fsp3) is 0.636. The minimum atomic E-state index is -4.48. The van der Waals surface area contributed by atoms with Gasteiger partial charge in [0.25, 0.3) is 0 Å². The molecule has 0 saturated carbocycles. The van der Waals surface area contributed by atoms with Gasteiger partial charge in [-0.15, -0.1) is 0 Å². The van der Waals surface area contributed by atoms with E-state index in [1.807, 2.05) is 13.8 Å². The number of nitrogens with one attached hydrogen (secondary N) is 1. The third-order valence-corrected chi connectivity index (χ3v) is 2.59. The van der Waals surface area contributed by atoms with Gasteiger partial charge >= 0.3 is 6.18 Å². The lowest BCUT2D eigenvalue weighted by Crippen LogP contribution is -2.36. The molecule has 0 aliphatic carbocycles. The van der Waals surface area contributed by atoms with Crippen LogP contribution in [0.25, 0.3) is 0 Å². The first-order chi connectivity index (χ1) is 8.36. The molecule has 0 fully saturated rings. The molecule has 0 bridgehead atoms. The van der Waals surface area contributed by atoms with Crippen molar-refractivity contribution in [3.8, 4) is 0 Å². The molecular formula is C11H16F3N3O. The Morgan fingerprint density at radius 3 is 2.50 bits per heavy atom. The summed E-state index contributed by atoms with van der Waals surface area (Å²) in [7, 11) is 0. The van der Waals surface area contributed by atoms with Gasteiger partial charge in [-0.3, -0.25) is 9.48 Å². The first-order valence-electron chi connectivity index (χ1n) is 5.76. The van der Waals surface area contributed by atoms with Crippen LogP contribution in [0.3, 0.4) is 0 Å². The van der Waals surface area contributed by atoms with Crippen molar-refractivity contribution in [3.05, 3.63) is 18.0 Å². The first kappa shape index (κ1) is 14.5. The highest BCUT2D eigenvalue weighted by atomic mass is 19.4. The maximum Gasteiger partial charge on any atom is 0.435 e. The summed E-state index contributed by atoms with van der Waals surface area (Å²) in [6.07, 6.45) is -1.75. The van der Waals surface area contributed by atoms with Crippen molar-refractivity contribution < 1.29 is 18.0 Å². The molecule has 0 unspecified atom stereocenters. The lowest BCUT2D eigenvalue weighted by atomic mass is 10.2. The number of aromatic nitrogens is 2. The lowest BCUT2D eigenvalue weighted by molar-refractivity contribution is -0.141. The number of alkyl halides is 3. The van der Waals surface area contributed by atoms with Crippen LogP contribution in [0.4, 0.5) is 13.2 Å². The zero-order chi connectivity index (χ0) is 13.8. The molecule has 0 spiro atoms. The van der Waals surface area contributed by atoms with Gasteiger partial charge < -0.3 is 5.32 Å². The molecule has 1 N–H and O–H groups in total. The van der Waals surface area contributed by atoms with Crippen molar-refractivity contribution in [2.24, 2.45) is 0 Å². The van der Waals surface area contributed by atoms with Crippen LogP contribution in [0, 0.1) is 0 Å². The number of nitrogens with zero attached hydrogens (tertiary/aromatic N) is 2. The zero-order valence-electron chi connectivity index (χ0n) is 10.3. The molecule has 1 rings (SSSR count). The first-order valence-corrected chi connectivity index (χ1v) is 5.76. The normalized spacial score (nSPS) is 11.9. The maximum atomic E-state index is 12.3. The molecule has 1 aromatic rings. The molecule has 1 aromatic heterocycles. The van der Waals surface area contributed by atoms with Gasteiger partial charge in [0.2, 0.25) is 5.91 Å². The second-order valence-corrected chi connectivity index (χ2v) is 3.98. The van der Waals surface area contributed by atoms with Crippen molar-refractivity contribution in [2.75, 3.05) is 0 Å². The number of carbonyl (C=O) groups excluding carboxylic acids is 1. The van der Waals surface area contributed by atoms with Crippen LogP contribution >= 0.6 is 0 Å². The minimum absolute atomic E-state index is 0.0511. The Morgan fingerprint density at radius 1 is 1.44 bits per heavy atom. The van der Waals surface area contributed by atoms with Gasteiger partial charge in [-0.25, -0.2) is 0 Å². The molecule has 7 heteroatoms. The Kier molecular flexibility index (Phi) is 4.75. The van der Waals surface area contributed by atoms with Gasteiger partial charge in [-0.05, 0) is 18.9 Å². The minimum Gasteiger partial charge on any atom is -0.352 e. The summed E-state index contributed by atoms with van der Waals surface area (Å²) >= 11 is 0. The largest absolute Gasteiger partial charge is 0.435 e. The second-order valence-electron chi connectivity index (χ2n) is 3.98. The van der Waals surface area contributed by atoms with E-state index in [0.717, 1.165) is 29.8 Å². The Bertz CT molecular complexity index is 396. The summed E-state index contributed by atoms with van der Waals surface area (Å²) in [5.74, 6) is -0.333. The molecule has 18 heavy (non-hydrogen) atoms. The van der Waals surface area contributed by atoms with Gasteiger partial charge in [0.15, 0.2) is 5.69 Å². The number of carbonyl (C=O) groups is 1. The number of amides is 1. The fourth-order valence-corrected chi connectivity index (χ4v) is 1.51. The van der Waals surface area contributed by atoms with Crippen LogP contribution in [0.1, 0.15) is 32.4 Å². The molecule has 0 radical (unpaired) electrons. The molecule has 4 nitrogen and oxygen atoms in total. The molecule has 0 aromatic carbocycles.